The molecule has 0 aromatic rings. The monoisotopic (exact) mass is 173 g/mol. The van der Waals surface area contributed by atoms with Crippen LogP contribution in [0.5, 0.6) is 0 Å². The molecule has 1 saturated heterocycles. The summed E-state index contributed by atoms with van der Waals surface area (Å²) in [7, 11) is 0. The van der Waals surface area contributed by atoms with Gasteiger partial charge < -0.3 is 5.32 Å². The van der Waals surface area contributed by atoms with Crippen molar-refractivity contribution in [3.05, 3.63) is 0 Å². The Hall–Kier alpha value is 0.310. The Labute approximate surface area is 74.3 Å². The number of hydrogen-bond acceptors (Lipinski definition) is 2. The molecule has 2 heteroatoms. The Balaban J connectivity index is 2.17. The molecule has 11 heavy (non-hydrogen) atoms. The Morgan fingerprint density at radius 1 is 1.55 bits per heavy atom. The van der Waals surface area contributed by atoms with Crippen LogP contribution in [0.3, 0.4) is 0 Å². The van der Waals surface area contributed by atoms with Gasteiger partial charge >= 0.3 is 0 Å². The maximum absolute atomic E-state index is 3.56. The van der Waals surface area contributed by atoms with Gasteiger partial charge in [-0.05, 0) is 30.6 Å². The zero-order valence-corrected chi connectivity index (χ0v) is 8.58. The highest BCUT2D eigenvalue weighted by Gasteiger charge is 2.17. The molecule has 0 bridgehead atoms. The Kier molecular flexibility index (Phi) is 3.73. The summed E-state index contributed by atoms with van der Waals surface area (Å²) in [6.45, 7) is 8.11. The van der Waals surface area contributed by atoms with Crippen molar-refractivity contribution in [1.82, 2.24) is 5.32 Å². The van der Waals surface area contributed by atoms with Crippen molar-refractivity contribution in [1.29, 1.82) is 0 Å². The van der Waals surface area contributed by atoms with Crippen LogP contribution in [-0.4, -0.2) is 17.7 Å². The second kappa shape index (κ2) is 4.36. The van der Waals surface area contributed by atoms with Gasteiger partial charge in [0.05, 0.1) is 5.37 Å². The summed E-state index contributed by atoms with van der Waals surface area (Å²) in [4.78, 5) is 0. The molecule has 1 N–H and O–H groups in total. The number of hydrogen-bond donors (Lipinski definition) is 1. The third-order valence-corrected chi connectivity index (χ3v) is 3.48. The van der Waals surface area contributed by atoms with E-state index in [0.717, 1.165) is 17.2 Å². The van der Waals surface area contributed by atoms with Gasteiger partial charge in [0.1, 0.15) is 0 Å². The average molecular weight is 173 g/mol. The van der Waals surface area contributed by atoms with Crippen LogP contribution in [0.2, 0.25) is 0 Å². The molecule has 0 saturated carbocycles. The molecule has 0 aliphatic carbocycles. The first-order valence-corrected chi connectivity index (χ1v) is 5.58. The van der Waals surface area contributed by atoms with Gasteiger partial charge in [0.25, 0.3) is 0 Å². The summed E-state index contributed by atoms with van der Waals surface area (Å²) < 4.78 is 0. The number of nitrogens with one attached hydrogen (secondary N) is 1. The molecule has 1 rings (SSSR count). The Morgan fingerprint density at radius 3 is 2.73 bits per heavy atom. The lowest BCUT2D eigenvalue weighted by molar-refractivity contribution is 0.460. The van der Waals surface area contributed by atoms with Crippen molar-refractivity contribution in [3.8, 4) is 0 Å². The highest BCUT2D eigenvalue weighted by Crippen LogP contribution is 2.23. The SMILES string of the molecule is CC(C)CC1NCC(C)CS1. The van der Waals surface area contributed by atoms with Gasteiger partial charge in [-0.2, -0.15) is 0 Å². The fraction of sp³-hybridized carbons (Fsp3) is 1.00. The summed E-state index contributed by atoms with van der Waals surface area (Å²) >= 11 is 2.09. The van der Waals surface area contributed by atoms with E-state index in [1.54, 1.807) is 0 Å². The molecular formula is C9H19NS. The van der Waals surface area contributed by atoms with E-state index in [-0.39, 0.29) is 0 Å². The average Bonchev–Trinajstić information content (AvgIpc) is 1.93. The van der Waals surface area contributed by atoms with E-state index in [2.05, 4.69) is 37.8 Å². The lowest BCUT2D eigenvalue weighted by Crippen LogP contribution is -2.37. The molecule has 1 aliphatic rings. The predicted octanol–water partition coefficient (Wildman–Crippen LogP) is 2.33. The van der Waals surface area contributed by atoms with E-state index in [0.29, 0.717) is 0 Å². The molecule has 0 amide bonds. The molecular weight excluding hydrogens is 154 g/mol. The zero-order valence-electron chi connectivity index (χ0n) is 7.76. The maximum Gasteiger partial charge on any atom is 0.0534 e. The molecule has 66 valence electrons. The summed E-state index contributed by atoms with van der Waals surface area (Å²) in [6.07, 6.45) is 1.32. The van der Waals surface area contributed by atoms with E-state index in [1.807, 2.05) is 0 Å². The summed E-state index contributed by atoms with van der Waals surface area (Å²) in [5.74, 6) is 3.03. The first-order chi connectivity index (χ1) is 5.18. The number of rotatable bonds is 2. The fourth-order valence-electron chi connectivity index (χ4n) is 1.31. The standard InChI is InChI=1S/C9H19NS/c1-7(2)4-9-10-5-8(3)6-11-9/h7-10H,4-6H2,1-3H3. The molecule has 1 nitrogen and oxygen atoms in total. The van der Waals surface area contributed by atoms with Gasteiger partial charge in [0.2, 0.25) is 0 Å². The van der Waals surface area contributed by atoms with Crippen LogP contribution in [0, 0.1) is 11.8 Å². The fourth-order valence-corrected chi connectivity index (χ4v) is 2.72. The summed E-state index contributed by atoms with van der Waals surface area (Å²) in [5, 5.41) is 4.29. The zero-order chi connectivity index (χ0) is 8.27. The van der Waals surface area contributed by atoms with Crippen LogP contribution in [-0.2, 0) is 0 Å². The van der Waals surface area contributed by atoms with E-state index in [4.69, 9.17) is 0 Å². The van der Waals surface area contributed by atoms with Crippen LogP contribution in [0.15, 0.2) is 0 Å². The van der Waals surface area contributed by atoms with E-state index in [1.165, 1.54) is 18.7 Å². The normalized spacial score (nSPS) is 32.7. The van der Waals surface area contributed by atoms with Crippen molar-refractivity contribution in [2.75, 3.05) is 12.3 Å². The molecule has 1 fully saturated rings. The maximum atomic E-state index is 3.56. The highest BCUT2D eigenvalue weighted by atomic mass is 32.2. The van der Waals surface area contributed by atoms with Crippen molar-refractivity contribution in [2.24, 2.45) is 11.8 Å². The lowest BCUT2D eigenvalue weighted by atomic mass is 10.1. The molecule has 2 unspecified atom stereocenters. The van der Waals surface area contributed by atoms with Crippen molar-refractivity contribution in [3.63, 3.8) is 0 Å². The molecule has 0 spiro atoms. The third-order valence-electron chi connectivity index (χ3n) is 1.96. The van der Waals surface area contributed by atoms with Crippen LogP contribution in [0.4, 0.5) is 0 Å². The second-order valence-corrected chi connectivity index (χ2v) is 5.20. The van der Waals surface area contributed by atoms with E-state index in [9.17, 15) is 0 Å². The van der Waals surface area contributed by atoms with Crippen molar-refractivity contribution >= 4 is 11.8 Å². The largest absolute Gasteiger partial charge is 0.305 e. The van der Waals surface area contributed by atoms with Crippen molar-refractivity contribution < 1.29 is 0 Å². The molecule has 0 aromatic carbocycles. The Bertz CT molecular complexity index is 106. The van der Waals surface area contributed by atoms with Crippen LogP contribution < -0.4 is 5.32 Å². The molecule has 0 aromatic heterocycles. The van der Waals surface area contributed by atoms with Crippen LogP contribution >= 0.6 is 11.8 Å². The minimum atomic E-state index is 0.728. The second-order valence-electron chi connectivity index (χ2n) is 3.96. The Morgan fingerprint density at radius 2 is 2.27 bits per heavy atom. The first-order valence-electron chi connectivity index (χ1n) is 4.53. The van der Waals surface area contributed by atoms with E-state index >= 15 is 0 Å². The minimum Gasteiger partial charge on any atom is -0.305 e. The summed E-state index contributed by atoms with van der Waals surface area (Å²) in [6, 6.07) is 0. The van der Waals surface area contributed by atoms with Crippen LogP contribution in [0.1, 0.15) is 27.2 Å². The van der Waals surface area contributed by atoms with Gasteiger partial charge in [-0.3, -0.25) is 0 Å². The quantitative estimate of drug-likeness (QED) is 0.688. The van der Waals surface area contributed by atoms with Gasteiger partial charge in [0, 0.05) is 0 Å². The van der Waals surface area contributed by atoms with E-state index < -0.39 is 0 Å². The van der Waals surface area contributed by atoms with Gasteiger partial charge in [-0.1, -0.05) is 20.8 Å². The molecule has 2 atom stereocenters. The third kappa shape index (κ3) is 3.48. The highest BCUT2D eigenvalue weighted by molar-refractivity contribution is 7.99. The molecule has 0 radical (unpaired) electrons. The number of thioether (sulfide) groups is 1. The predicted molar refractivity (Wildman–Crippen MR) is 52.9 cm³/mol. The molecule has 1 aliphatic heterocycles. The first kappa shape index (κ1) is 9.40. The van der Waals surface area contributed by atoms with Gasteiger partial charge in [-0.25, -0.2) is 0 Å². The topological polar surface area (TPSA) is 12.0 Å². The smallest absolute Gasteiger partial charge is 0.0534 e. The van der Waals surface area contributed by atoms with Crippen molar-refractivity contribution in [2.45, 2.75) is 32.6 Å². The van der Waals surface area contributed by atoms with Crippen LogP contribution in [0.25, 0.3) is 0 Å². The minimum absolute atomic E-state index is 0.728. The summed E-state index contributed by atoms with van der Waals surface area (Å²) in [5.41, 5.74) is 0. The molecule has 1 heterocycles. The van der Waals surface area contributed by atoms with Gasteiger partial charge in [-0.15, -0.1) is 11.8 Å². The lowest BCUT2D eigenvalue weighted by Gasteiger charge is -2.28. The van der Waals surface area contributed by atoms with Gasteiger partial charge in [0.15, 0.2) is 0 Å².